The normalized spacial score (nSPS) is 13.3. The van der Waals surface area contributed by atoms with E-state index in [4.69, 9.17) is 5.11 Å². The van der Waals surface area contributed by atoms with Crippen LogP contribution in [0.1, 0.15) is 6.92 Å². The topological polar surface area (TPSA) is 37.3 Å². The average Bonchev–Trinajstić information content (AvgIpc) is 2.01. The van der Waals surface area contributed by atoms with Crippen LogP contribution in [0.2, 0.25) is 0 Å². The van der Waals surface area contributed by atoms with Crippen LogP contribution in [0.5, 0.6) is 0 Å². The van der Waals surface area contributed by atoms with E-state index in [1.165, 1.54) is 13.0 Å². The van der Waals surface area contributed by atoms with Gasteiger partial charge in [0.1, 0.15) is 0 Å². The van der Waals surface area contributed by atoms with Crippen LogP contribution in [0.25, 0.3) is 0 Å². The Balaban J connectivity index is 4.94. The predicted octanol–water partition coefficient (Wildman–Crippen LogP) is 2.69. The summed E-state index contributed by atoms with van der Waals surface area (Å²) in [5, 5.41) is 8.49. The van der Waals surface area contributed by atoms with Gasteiger partial charge in [-0.05, 0) is 13.0 Å². The van der Waals surface area contributed by atoms with E-state index in [0.29, 0.717) is 6.08 Å². The Bertz CT molecular complexity index is 298. The van der Waals surface area contributed by atoms with Gasteiger partial charge in [-0.2, -0.15) is 13.2 Å². The predicted molar refractivity (Wildman–Crippen MR) is 45.7 cm³/mol. The molecular weight excluding hydrogens is 197 g/mol. The first-order valence-corrected chi connectivity index (χ1v) is 3.62. The lowest BCUT2D eigenvalue weighted by Gasteiger charge is -2.05. The molecule has 0 bridgehead atoms. The third kappa shape index (κ3) is 3.93. The van der Waals surface area contributed by atoms with Crippen molar-refractivity contribution in [2.45, 2.75) is 13.1 Å². The Morgan fingerprint density at radius 2 is 1.93 bits per heavy atom. The van der Waals surface area contributed by atoms with E-state index < -0.39 is 23.3 Å². The fraction of sp³-hybridized carbons (Fsp3) is 0.222. The van der Waals surface area contributed by atoms with Crippen LogP contribution in [0.15, 0.2) is 36.0 Å². The Labute approximate surface area is 79.0 Å². The quantitative estimate of drug-likeness (QED) is 0.569. The van der Waals surface area contributed by atoms with Crippen molar-refractivity contribution in [1.82, 2.24) is 0 Å². The first kappa shape index (κ1) is 12.5. The standard InChI is InChI=1S/C9H9F3O2/c1-3-4-7(8(13)14)5-6(2)9(10,11)12/h3-5H,2H2,1H3,(H,13,14)/b4-3-,7-5+. The van der Waals surface area contributed by atoms with Crippen molar-refractivity contribution in [1.29, 1.82) is 0 Å². The highest BCUT2D eigenvalue weighted by Crippen LogP contribution is 2.25. The number of aliphatic carboxylic acids is 1. The SMILES string of the molecule is C=C(/C=C(\C=C/C)C(=O)O)C(F)(F)F. The Hall–Kier alpha value is -1.52. The van der Waals surface area contributed by atoms with Crippen molar-refractivity contribution in [3.8, 4) is 0 Å². The molecule has 78 valence electrons. The van der Waals surface area contributed by atoms with Gasteiger partial charge in [0.25, 0.3) is 0 Å². The molecule has 0 aliphatic rings. The Kier molecular flexibility index (Phi) is 4.14. The zero-order chi connectivity index (χ0) is 11.4. The molecule has 0 fully saturated rings. The summed E-state index contributed by atoms with van der Waals surface area (Å²) < 4.78 is 35.9. The van der Waals surface area contributed by atoms with Crippen LogP contribution in [-0.2, 0) is 4.79 Å². The zero-order valence-electron chi connectivity index (χ0n) is 7.43. The van der Waals surface area contributed by atoms with Crippen LogP contribution in [-0.4, -0.2) is 17.3 Å². The molecule has 0 aromatic rings. The number of hydrogen-bond acceptors (Lipinski definition) is 1. The monoisotopic (exact) mass is 206 g/mol. The fourth-order valence-corrected chi connectivity index (χ4v) is 0.630. The molecule has 1 N–H and O–H groups in total. The van der Waals surface area contributed by atoms with Gasteiger partial charge in [-0.15, -0.1) is 0 Å². The molecule has 0 unspecified atom stereocenters. The summed E-state index contributed by atoms with van der Waals surface area (Å²) >= 11 is 0. The van der Waals surface area contributed by atoms with Crippen molar-refractivity contribution >= 4 is 5.97 Å². The number of allylic oxidation sites excluding steroid dienone is 3. The summed E-state index contributed by atoms with van der Waals surface area (Å²) in [6.45, 7) is 4.24. The second-order valence-corrected chi connectivity index (χ2v) is 2.43. The summed E-state index contributed by atoms with van der Waals surface area (Å²) in [7, 11) is 0. The minimum absolute atomic E-state index is 0.449. The third-order valence-corrected chi connectivity index (χ3v) is 1.29. The minimum atomic E-state index is -4.59. The van der Waals surface area contributed by atoms with E-state index in [1.54, 1.807) is 0 Å². The zero-order valence-corrected chi connectivity index (χ0v) is 7.43. The largest absolute Gasteiger partial charge is 0.478 e. The molecule has 0 saturated heterocycles. The molecule has 0 aliphatic heterocycles. The molecule has 0 amide bonds. The smallest absolute Gasteiger partial charge is 0.415 e. The van der Waals surface area contributed by atoms with Gasteiger partial charge in [0, 0.05) is 5.57 Å². The van der Waals surface area contributed by atoms with E-state index in [2.05, 4.69) is 6.58 Å². The summed E-state index contributed by atoms with van der Waals surface area (Å²) in [5.74, 6) is -1.42. The van der Waals surface area contributed by atoms with Gasteiger partial charge in [0.2, 0.25) is 0 Å². The number of halogens is 3. The first-order chi connectivity index (χ1) is 6.29. The van der Waals surface area contributed by atoms with Crippen molar-refractivity contribution in [3.05, 3.63) is 36.0 Å². The van der Waals surface area contributed by atoms with Gasteiger partial charge in [-0.1, -0.05) is 18.7 Å². The van der Waals surface area contributed by atoms with E-state index in [0.717, 1.165) is 6.08 Å². The van der Waals surface area contributed by atoms with Gasteiger partial charge in [0.15, 0.2) is 0 Å². The molecule has 5 heteroatoms. The maximum Gasteiger partial charge on any atom is 0.415 e. The lowest BCUT2D eigenvalue weighted by atomic mass is 10.1. The third-order valence-electron chi connectivity index (χ3n) is 1.29. The molecule has 0 aromatic carbocycles. The number of carboxylic acid groups (broad SMARTS) is 1. The molecule has 0 heterocycles. The van der Waals surface area contributed by atoms with Gasteiger partial charge in [-0.3, -0.25) is 0 Å². The molecule has 14 heavy (non-hydrogen) atoms. The molecule has 0 radical (unpaired) electrons. The number of rotatable bonds is 3. The summed E-state index contributed by atoms with van der Waals surface area (Å²) in [6, 6.07) is 0. The van der Waals surface area contributed by atoms with Crippen LogP contribution in [0.4, 0.5) is 13.2 Å². The number of hydrogen-bond donors (Lipinski definition) is 1. The van der Waals surface area contributed by atoms with E-state index in [9.17, 15) is 18.0 Å². The van der Waals surface area contributed by atoms with E-state index in [1.807, 2.05) is 0 Å². The second-order valence-electron chi connectivity index (χ2n) is 2.43. The van der Waals surface area contributed by atoms with Crippen LogP contribution >= 0.6 is 0 Å². The minimum Gasteiger partial charge on any atom is -0.478 e. The average molecular weight is 206 g/mol. The van der Waals surface area contributed by atoms with Crippen LogP contribution in [0, 0.1) is 0 Å². The summed E-state index contributed by atoms with van der Waals surface area (Å²) in [4.78, 5) is 10.4. The lowest BCUT2D eigenvalue weighted by Crippen LogP contribution is -2.10. The molecule has 2 nitrogen and oxygen atoms in total. The molecule has 0 aliphatic carbocycles. The van der Waals surface area contributed by atoms with E-state index >= 15 is 0 Å². The van der Waals surface area contributed by atoms with Crippen molar-refractivity contribution in [2.24, 2.45) is 0 Å². The Morgan fingerprint density at radius 1 is 1.43 bits per heavy atom. The molecule has 0 atom stereocenters. The summed E-state index contributed by atoms with van der Waals surface area (Å²) in [6.07, 6.45) is -1.70. The number of carboxylic acids is 1. The number of alkyl halides is 3. The second kappa shape index (κ2) is 4.64. The van der Waals surface area contributed by atoms with Crippen molar-refractivity contribution < 1.29 is 23.1 Å². The van der Waals surface area contributed by atoms with Gasteiger partial charge >= 0.3 is 12.1 Å². The Morgan fingerprint density at radius 3 is 2.21 bits per heavy atom. The highest BCUT2D eigenvalue weighted by atomic mass is 19.4. The molecule has 0 rings (SSSR count). The van der Waals surface area contributed by atoms with Gasteiger partial charge < -0.3 is 5.11 Å². The van der Waals surface area contributed by atoms with E-state index in [-0.39, 0.29) is 0 Å². The van der Waals surface area contributed by atoms with Crippen LogP contribution in [0.3, 0.4) is 0 Å². The fourth-order valence-electron chi connectivity index (χ4n) is 0.630. The molecular formula is C9H9F3O2. The first-order valence-electron chi connectivity index (χ1n) is 3.62. The van der Waals surface area contributed by atoms with Crippen LogP contribution < -0.4 is 0 Å². The maximum absolute atomic E-state index is 12.0. The number of carbonyl (C=O) groups is 1. The molecule has 0 aromatic heterocycles. The lowest BCUT2D eigenvalue weighted by molar-refractivity contribution is -0.132. The van der Waals surface area contributed by atoms with Crippen molar-refractivity contribution in [2.75, 3.05) is 0 Å². The highest BCUT2D eigenvalue weighted by molar-refractivity contribution is 5.90. The molecule has 0 spiro atoms. The van der Waals surface area contributed by atoms with Gasteiger partial charge in [-0.25, -0.2) is 4.79 Å². The maximum atomic E-state index is 12.0. The molecule has 0 saturated carbocycles. The van der Waals surface area contributed by atoms with Gasteiger partial charge in [0.05, 0.1) is 5.57 Å². The summed E-state index contributed by atoms with van der Waals surface area (Å²) in [5.41, 5.74) is -1.64. The van der Waals surface area contributed by atoms with Crippen molar-refractivity contribution in [3.63, 3.8) is 0 Å². The highest BCUT2D eigenvalue weighted by Gasteiger charge is 2.30.